The number of sulfonamides is 1. The molecule has 4 aromatic carbocycles. The van der Waals surface area contributed by atoms with Crippen LogP contribution in [0.1, 0.15) is 19.8 Å². The summed E-state index contributed by atoms with van der Waals surface area (Å²) >= 11 is 0. The van der Waals surface area contributed by atoms with Gasteiger partial charge in [0.25, 0.3) is 20.1 Å². The highest BCUT2D eigenvalue weighted by Crippen LogP contribution is 2.40. The van der Waals surface area contributed by atoms with Gasteiger partial charge in [0.15, 0.2) is 0 Å². The van der Waals surface area contributed by atoms with Gasteiger partial charge in [0, 0.05) is 24.0 Å². The van der Waals surface area contributed by atoms with Crippen molar-refractivity contribution in [2.24, 2.45) is 10.2 Å². The molecular formula is C27H28N6O7S2. The van der Waals surface area contributed by atoms with Crippen LogP contribution in [-0.2, 0) is 20.1 Å². The number of urea groups is 1. The molecule has 15 heteroatoms. The quantitative estimate of drug-likeness (QED) is 0.0580. The number of rotatable bonds is 10. The maximum Gasteiger partial charge on any atom is 0.319 e. The number of fused-ring (bicyclic) bond motifs is 1. The van der Waals surface area contributed by atoms with Crippen LogP contribution in [0.4, 0.5) is 33.2 Å². The van der Waals surface area contributed by atoms with Crippen LogP contribution in [0.2, 0.25) is 0 Å². The van der Waals surface area contributed by atoms with Gasteiger partial charge in [-0.1, -0.05) is 31.5 Å². The van der Waals surface area contributed by atoms with E-state index in [1.807, 2.05) is 6.92 Å². The molecule has 0 aromatic heterocycles. The number of nitrogen functional groups attached to an aromatic ring is 1. The van der Waals surface area contributed by atoms with Crippen LogP contribution in [0.5, 0.6) is 5.75 Å². The summed E-state index contributed by atoms with van der Waals surface area (Å²) in [5.41, 5.74) is 6.75. The molecule has 13 nitrogen and oxygen atoms in total. The first-order valence-electron chi connectivity index (χ1n) is 12.6. The van der Waals surface area contributed by atoms with Gasteiger partial charge < -0.3 is 21.5 Å². The molecule has 7 N–H and O–H groups in total. The van der Waals surface area contributed by atoms with E-state index in [1.54, 1.807) is 18.2 Å². The number of benzene rings is 4. The van der Waals surface area contributed by atoms with Gasteiger partial charge in [-0.3, -0.25) is 9.27 Å². The Morgan fingerprint density at radius 3 is 2.31 bits per heavy atom. The highest BCUT2D eigenvalue weighted by Gasteiger charge is 2.20. The molecule has 0 unspecified atom stereocenters. The molecule has 0 atom stereocenters. The molecule has 0 aliphatic carbocycles. The van der Waals surface area contributed by atoms with Gasteiger partial charge >= 0.3 is 6.03 Å². The van der Waals surface area contributed by atoms with Gasteiger partial charge in [0.2, 0.25) is 0 Å². The summed E-state index contributed by atoms with van der Waals surface area (Å²) in [4.78, 5) is 11.2. The number of nitrogens with two attached hydrogens (primary N) is 1. The second kappa shape index (κ2) is 12.4. The molecule has 0 bridgehead atoms. The van der Waals surface area contributed by atoms with Gasteiger partial charge in [0.05, 0.1) is 16.0 Å². The minimum atomic E-state index is -4.60. The van der Waals surface area contributed by atoms with Crippen LogP contribution in [0.25, 0.3) is 10.8 Å². The molecule has 220 valence electrons. The lowest BCUT2D eigenvalue weighted by Crippen LogP contribution is -2.29. The van der Waals surface area contributed by atoms with Crippen molar-refractivity contribution in [2.75, 3.05) is 22.3 Å². The Labute approximate surface area is 242 Å². The average Bonchev–Trinajstić information content (AvgIpc) is 2.93. The molecule has 0 radical (unpaired) electrons. The van der Waals surface area contributed by atoms with E-state index in [1.165, 1.54) is 42.5 Å². The number of unbranched alkanes of at least 4 members (excludes halogenated alkanes) is 1. The number of phenols is 1. The first-order valence-corrected chi connectivity index (χ1v) is 15.5. The smallest absolute Gasteiger partial charge is 0.319 e. The predicted molar refractivity (Wildman–Crippen MR) is 160 cm³/mol. The molecule has 0 saturated carbocycles. The van der Waals surface area contributed by atoms with E-state index >= 15 is 0 Å². The Hall–Kier alpha value is -4.73. The average molecular weight is 613 g/mol. The van der Waals surface area contributed by atoms with Crippen LogP contribution in [0.3, 0.4) is 0 Å². The van der Waals surface area contributed by atoms with E-state index in [2.05, 4.69) is 25.6 Å². The number of azo groups is 1. The zero-order valence-corrected chi connectivity index (χ0v) is 23.9. The van der Waals surface area contributed by atoms with Crippen molar-refractivity contribution in [1.29, 1.82) is 0 Å². The van der Waals surface area contributed by atoms with E-state index in [4.69, 9.17) is 5.73 Å². The Kier molecular flexibility index (Phi) is 8.94. The zero-order valence-electron chi connectivity index (χ0n) is 22.3. The number of nitrogens with one attached hydrogen (secondary N) is 3. The number of anilines is 3. The van der Waals surface area contributed by atoms with Crippen molar-refractivity contribution in [1.82, 2.24) is 5.32 Å². The lowest BCUT2D eigenvalue weighted by molar-refractivity contribution is 0.252. The molecule has 4 rings (SSSR count). The highest BCUT2D eigenvalue weighted by molar-refractivity contribution is 7.92. The summed E-state index contributed by atoms with van der Waals surface area (Å²) in [6, 6.07) is 16.3. The van der Waals surface area contributed by atoms with Crippen LogP contribution in [-0.4, -0.2) is 39.1 Å². The van der Waals surface area contributed by atoms with Gasteiger partial charge in [-0.25, -0.2) is 13.2 Å². The van der Waals surface area contributed by atoms with Gasteiger partial charge in [-0.05, 0) is 60.3 Å². The third-order valence-corrected chi connectivity index (χ3v) is 8.26. The first kappa shape index (κ1) is 30.2. The number of hydrogen-bond donors (Lipinski definition) is 6. The SMILES string of the molecule is CCCCNC(=O)Nc1ccc(NS(=O)(=O)c2ccccc2/N=N/c2c(N)ccc3cc(S(=O)(=O)O)cc(O)c23)cc1. The van der Waals surface area contributed by atoms with Crippen molar-refractivity contribution in [2.45, 2.75) is 29.6 Å². The summed E-state index contributed by atoms with van der Waals surface area (Å²) in [5.74, 6) is -0.527. The maximum absolute atomic E-state index is 13.3. The summed E-state index contributed by atoms with van der Waals surface area (Å²) in [7, 11) is -8.76. The van der Waals surface area contributed by atoms with E-state index in [0.717, 1.165) is 25.0 Å². The Morgan fingerprint density at radius 2 is 1.62 bits per heavy atom. The maximum atomic E-state index is 13.3. The number of aromatic hydroxyl groups is 1. The van der Waals surface area contributed by atoms with Crippen LogP contribution in [0, 0.1) is 0 Å². The molecule has 0 fully saturated rings. The molecule has 0 aliphatic rings. The van der Waals surface area contributed by atoms with Crippen molar-refractivity contribution in [3.63, 3.8) is 0 Å². The minimum absolute atomic E-state index is 0.0335. The molecule has 0 saturated heterocycles. The van der Waals surface area contributed by atoms with Crippen molar-refractivity contribution in [3.05, 3.63) is 72.8 Å². The lowest BCUT2D eigenvalue weighted by Gasteiger charge is -2.12. The molecule has 2 amide bonds. The van der Waals surface area contributed by atoms with E-state index in [-0.39, 0.29) is 44.4 Å². The van der Waals surface area contributed by atoms with Gasteiger partial charge in [0.1, 0.15) is 22.0 Å². The Bertz CT molecular complexity index is 1880. The lowest BCUT2D eigenvalue weighted by atomic mass is 10.1. The summed E-state index contributed by atoms with van der Waals surface area (Å²) < 4.78 is 61.5. The number of nitrogens with zero attached hydrogens (tertiary/aromatic N) is 2. The summed E-state index contributed by atoms with van der Waals surface area (Å²) in [6.45, 7) is 2.56. The second-order valence-corrected chi connectivity index (χ2v) is 12.2. The van der Waals surface area contributed by atoms with E-state index in [9.17, 15) is 31.3 Å². The van der Waals surface area contributed by atoms with E-state index < -0.39 is 30.8 Å². The highest BCUT2D eigenvalue weighted by atomic mass is 32.2. The third-order valence-electron chi connectivity index (χ3n) is 6.00. The molecule has 0 heterocycles. The third kappa shape index (κ3) is 7.12. The number of hydrogen-bond acceptors (Lipinski definition) is 9. The minimum Gasteiger partial charge on any atom is -0.507 e. The van der Waals surface area contributed by atoms with Gasteiger partial charge in [-0.15, -0.1) is 10.2 Å². The first-order chi connectivity index (χ1) is 19.9. The van der Waals surface area contributed by atoms with Crippen LogP contribution in [0.15, 0.2) is 92.8 Å². The van der Waals surface area contributed by atoms with Crippen LogP contribution >= 0.6 is 0 Å². The second-order valence-electron chi connectivity index (χ2n) is 9.10. The summed E-state index contributed by atoms with van der Waals surface area (Å²) in [6.07, 6.45) is 1.80. The fraction of sp³-hybridized carbons (Fsp3) is 0.148. The monoisotopic (exact) mass is 612 g/mol. The largest absolute Gasteiger partial charge is 0.507 e. The van der Waals surface area contributed by atoms with Crippen molar-refractivity contribution < 1.29 is 31.3 Å². The molecule has 42 heavy (non-hydrogen) atoms. The predicted octanol–water partition coefficient (Wildman–Crippen LogP) is 5.51. The number of phenolic OH excluding ortho intramolecular Hbond substituents is 1. The van der Waals surface area contributed by atoms with Crippen molar-refractivity contribution in [3.8, 4) is 5.75 Å². The van der Waals surface area contributed by atoms with Crippen LogP contribution < -0.4 is 21.1 Å². The molecule has 0 spiro atoms. The Balaban J connectivity index is 1.60. The normalized spacial score (nSPS) is 12.0. The number of carbonyl (C=O) groups is 1. The fourth-order valence-electron chi connectivity index (χ4n) is 3.93. The van der Waals surface area contributed by atoms with Crippen molar-refractivity contribution >= 4 is 65.4 Å². The fourth-order valence-corrected chi connectivity index (χ4v) is 5.66. The zero-order chi connectivity index (χ0) is 30.5. The summed E-state index contributed by atoms with van der Waals surface area (Å²) in [5, 5.41) is 24.3. The molecular weight excluding hydrogens is 584 g/mol. The van der Waals surface area contributed by atoms with Gasteiger partial charge in [-0.2, -0.15) is 8.42 Å². The standard InChI is InChI=1S/C27H28N6O7S2/c1-2-3-14-29-27(35)30-18-9-11-19(12-10-18)33-41(36,37)24-7-5-4-6-22(24)31-32-26-21(28)13-8-17-15-20(42(38,39)40)16-23(34)25(17)26/h4-13,15-16,33-34H,2-3,14,28H2,1H3,(H2,29,30,35)(H,38,39,40)/b32-31+. The molecule has 4 aromatic rings. The topological polar surface area (TPSA) is 213 Å². The molecule has 0 aliphatic heterocycles. The number of amides is 2. The number of carbonyl (C=O) groups excluding carboxylic acids is 1. The van der Waals surface area contributed by atoms with E-state index in [0.29, 0.717) is 12.2 Å². The Morgan fingerprint density at radius 1 is 0.929 bits per heavy atom.